The lowest BCUT2D eigenvalue weighted by Gasteiger charge is -2.33. The first-order valence-electron chi connectivity index (χ1n) is 8.41. The van der Waals surface area contributed by atoms with Crippen LogP contribution in [0, 0.1) is 0 Å². The Labute approximate surface area is 147 Å². The summed E-state index contributed by atoms with van der Waals surface area (Å²) in [7, 11) is 1.98. The number of carbonyl (C=O) groups excluding carboxylic acids is 1. The summed E-state index contributed by atoms with van der Waals surface area (Å²) in [6, 6.07) is 14.9. The predicted molar refractivity (Wildman–Crippen MR) is 95.5 cm³/mol. The Balaban J connectivity index is 1.53. The number of rotatable bonds is 5. The second-order valence-electron chi connectivity index (χ2n) is 6.45. The molecule has 1 amide bonds. The van der Waals surface area contributed by atoms with Gasteiger partial charge in [0.1, 0.15) is 0 Å². The number of likely N-dealkylation sites (N-methyl/N-ethyl adjacent to an activating group) is 1. The summed E-state index contributed by atoms with van der Waals surface area (Å²) in [6.07, 6.45) is 1.41. The number of fused-ring (bicyclic) bond motifs is 1. The van der Waals surface area contributed by atoms with E-state index in [2.05, 4.69) is 22.3 Å². The molecule has 1 aliphatic rings. The zero-order valence-corrected chi connectivity index (χ0v) is 14.2. The van der Waals surface area contributed by atoms with Gasteiger partial charge in [0.15, 0.2) is 0 Å². The van der Waals surface area contributed by atoms with E-state index in [1.807, 2.05) is 19.2 Å². The number of amides is 1. The maximum atomic E-state index is 12.5. The van der Waals surface area contributed by atoms with Gasteiger partial charge in [-0.3, -0.25) is 9.69 Å². The van der Waals surface area contributed by atoms with E-state index in [9.17, 15) is 9.59 Å². The van der Waals surface area contributed by atoms with Crippen molar-refractivity contribution in [3.8, 4) is 0 Å². The number of carboxylic acids is 1. The second kappa shape index (κ2) is 7.49. The summed E-state index contributed by atoms with van der Waals surface area (Å²) >= 11 is 0. The number of carbonyl (C=O) groups is 2. The van der Waals surface area contributed by atoms with Crippen LogP contribution in [-0.2, 0) is 24.2 Å². The largest absolute Gasteiger partial charge is 0.478 e. The van der Waals surface area contributed by atoms with Gasteiger partial charge in [0, 0.05) is 13.1 Å². The van der Waals surface area contributed by atoms with Crippen LogP contribution in [0.3, 0.4) is 0 Å². The van der Waals surface area contributed by atoms with Crippen LogP contribution in [0.25, 0.3) is 0 Å². The number of benzene rings is 2. The maximum absolute atomic E-state index is 12.5. The lowest BCUT2D eigenvalue weighted by atomic mass is 9.94. The van der Waals surface area contributed by atoms with Crippen LogP contribution in [0.5, 0.6) is 0 Å². The van der Waals surface area contributed by atoms with Crippen LogP contribution in [-0.4, -0.2) is 41.5 Å². The van der Waals surface area contributed by atoms with Crippen molar-refractivity contribution in [3.63, 3.8) is 0 Å². The van der Waals surface area contributed by atoms with Gasteiger partial charge >= 0.3 is 5.97 Å². The quantitative estimate of drug-likeness (QED) is 0.876. The Bertz CT molecular complexity index is 771. The van der Waals surface area contributed by atoms with E-state index in [-0.39, 0.29) is 17.5 Å². The number of hydrogen-bond acceptors (Lipinski definition) is 3. The fraction of sp³-hybridized carbons (Fsp3) is 0.300. The van der Waals surface area contributed by atoms with Gasteiger partial charge < -0.3 is 10.4 Å². The van der Waals surface area contributed by atoms with E-state index in [1.165, 1.54) is 11.1 Å². The smallest absolute Gasteiger partial charge is 0.335 e. The summed E-state index contributed by atoms with van der Waals surface area (Å²) < 4.78 is 0. The summed E-state index contributed by atoms with van der Waals surface area (Å²) in [5, 5.41) is 11.9. The molecule has 2 N–H and O–H groups in total. The average molecular weight is 338 g/mol. The van der Waals surface area contributed by atoms with Crippen LogP contribution in [0.4, 0.5) is 0 Å². The first kappa shape index (κ1) is 17.2. The molecule has 1 unspecified atom stereocenters. The van der Waals surface area contributed by atoms with Gasteiger partial charge in [0.2, 0.25) is 5.91 Å². The van der Waals surface area contributed by atoms with Gasteiger partial charge in [-0.2, -0.15) is 0 Å². The predicted octanol–water partition coefficient (Wildman–Crippen LogP) is 2.10. The van der Waals surface area contributed by atoms with Crippen LogP contribution < -0.4 is 5.32 Å². The molecule has 25 heavy (non-hydrogen) atoms. The Morgan fingerprint density at radius 3 is 2.48 bits per heavy atom. The van der Waals surface area contributed by atoms with E-state index < -0.39 is 5.97 Å². The van der Waals surface area contributed by atoms with E-state index in [0.717, 1.165) is 18.5 Å². The highest BCUT2D eigenvalue weighted by molar-refractivity contribution is 5.87. The van der Waals surface area contributed by atoms with Gasteiger partial charge in [-0.25, -0.2) is 4.79 Å². The molecule has 0 aromatic heterocycles. The van der Waals surface area contributed by atoms with Crippen molar-refractivity contribution < 1.29 is 14.7 Å². The Morgan fingerprint density at radius 2 is 1.80 bits per heavy atom. The number of nitrogens with one attached hydrogen (secondary N) is 1. The summed E-state index contributed by atoms with van der Waals surface area (Å²) in [4.78, 5) is 25.5. The van der Waals surface area contributed by atoms with Gasteiger partial charge in [-0.1, -0.05) is 36.4 Å². The Hall–Kier alpha value is -2.66. The van der Waals surface area contributed by atoms with Crippen molar-refractivity contribution in [1.82, 2.24) is 10.2 Å². The molecule has 0 spiro atoms. The molecule has 0 fully saturated rings. The van der Waals surface area contributed by atoms with Gasteiger partial charge in [0.05, 0.1) is 11.6 Å². The van der Waals surface area contributed by atoms with E-state index in [0.29, 0.717) is 13.0 Å². The number of aromatic carboxylic acids is 1. The lowest BCUT2D eigenvalue weighted by molar-refractivity contribution is -0.126. The molecule has 2 aromatic rings. The minimum atomic E-state index is -0.930. The molecule has 1 atom stereocenters. The summed E-state index contributed by atoms with van der Waals surface area (Å²) in [5.74, 6) is -0.889. The van der Waals surface area contributed by atoms with Crippen molar-refractivity contribution in [2.24, 2.45) is 0 Å². The molecule has 0 saturated heterocycles. The zero-order valence-electron chi connectivity index (χ0n) is 14.2. The third-order valence-electron chi connectivity index (χ3n) is 4.70. The molecule has 1 aliphatic heterocycles. The average Bonchev–Trinajstić information content (AvgIpc) is 2.61. The number of hydrogen-bond donors (Lipinski definition) is 2. The lowest BCUT2D eigenvalue weighted by Crippen LogP contribution is -2.48. The topological polar surface area (TPSA) is 69.6 Å². The monoisotopic (exact) mass is 338 g/mol. The van der Waals surface area contributed by atoms with E-state index >= 15 is 0 Å². The van der Waals surface area contributed by atoms with Crippen LogP contribution in [0.1, 0.15) is 27.0 Å². The van der Waals surface area contributed by atoms with Crippen LogP contribution in [0.2, 0.25) is 0 Å². The summed E-state index contributed by atoms with van der Waals surface area (Å²) in [6.45, 7) is 1.32. The first-order valence-corrected chi connectivity index (χ1v) is 8.41. The van der Waals surface area contributed by atoms with Gasteiger partial charge in [-0.05, 0) is 48.7 Å². The van der Waals surface area contributed by atoms with Gasteiger partial charge in [-0.15, -0.1) is 0 Å². The van der Waals surface area contributed by atoms with Crippen molar-refractivity contribution in [2.75, 3.05) is 13.6 Å². The van der Waals surface area contributed by atoms with Crippen molar-refractivity contribution in [2.45, 2.75) is 25.4 Å². The van der Waals surface area contributed by atoms with E-state index in [1.54, 1.807) is 24.3 Å². The highest BCUT2D eigenvalue weighted by atomic mass is 16.4. The van der Waals surface area contributed by atoms with Crippen molar-refractivity contribution >= 4 is 11.9 Å². The van der Waals surface area contributed by atoms with Crippen LogP contribution >= 0.6 is 0 Å². The third-order valence-corrected chi connectivity index (χ3v) is 4.70. The molecule has 3 rings (SSSR count). The normalized spacial score (nSPS) is 16.9. The molecule has 0 radical (unpaired) electrons. The Morgan fingerprint density at radius 1 is 1.12 bits per heavy atom. The second-order valence-corrected chi connectivity index (χ2v) is 6.45. The number of carboxylic acid groups (broad SMARTS) is 1. The van der Waals surface area contributed by atoms with Crippen molar-refractivity contribution in [3.05, 3.63) is 70.8 Å². The highest BCUT2D eigenvalue weighted by Gasteiger charge is 2.28. The maximum Gasteiger partial charge on any atom is 0.335 e. The molecular weight excluding hydrogens is 316 g/mol. The molecule has 0 bridgehead atoms. The van der Waals surface area contributed by atoms with E-state index in [4.69, 9.17) is 5.11 Å². The molecule has 0 saturated carbocycles. The van der Waals surface area contributed by atoms with Gasteiger partial charge in [0.25, 0.3) is 0 Å². The molecule has 1 heterocycles. The highest BCUT2D eigenvalue weighted by Crippen LogP contribution is 2.21. The molecule has 130 valence electrons. The first-order chi connectivity index (χ1) is 12.0. The molecular formula is C20H22N2O3. The summed E-state index contributed by atoms with van der Waals surface area (Å²) in [5.41, 5.74) is 3.81. The SMILES string of the molecule is CN1Cc2ccccc2CC1C(=O)NCCc1ccc(C(=O)O)cc1. The van der Waals surface area contributed by atoms with Crippen LogP contribution in [0.15, 0.2) is 48.5 Å². The zero-order chi connectivity index (χ0) is 17.8. The Kier molecular flexibility index (Phi) is 5.14. The molecule has 5 heteroatoms. The number of nitrogens with zero attached hydrogens (tertiary/aromatic N) is 1. The van der Waals surface area contributed by atoms with Crippen molar-refractivity contribution in [1.29, 1.82) is 0 Å². The fourth-order valence-electron chi connectivity index (χ4n) is 3.21. The molecule has 5 nitrogen and oxygen atoms in total. The molecule has 0 aliphatic carbocycles. The minimum Gasteiger partial charge on any atom is -0.478 e. The standard InChI is InChI=1S/C20H22N2O3/c1-22-13-17-5-3-2-4-16(17)12-18(22)19(23)21-11-10-14-6-8-15(9-7-14)20(24)25/h2-9,18H,10-13H2,1H3,(H,21,23)(H,24,25). The minimum absolute atomic E-state index is 0.0409. The third kappa shape index (κ3) is 4.06. The molecule has 2 aromatic carbocycles. The fourth-order valence-corrected chi connectivity index (χ4v) is 3.21.